The molecule has 4 nitrogen and oxygen atoms in total. The van der Waals surface area contributed by atoms with Gasteiger partial charge in [0.2, 0.25) is 0 Å². The number of carbonyl (C=O) groups excluding carboxylic acids is 2. The van der Waals surface area contributed by atoms with Crippen LogP contribution in [0.15, 0.2) is 36.4 Å². The summed E-state index contributed by atoms with van der Waals surface area (Å²) in [6, 6.07) is 9.67. The minimum atomic E-state index is -0.204. The Bertz CT molecular complexity index is 862. The van der Waals surface area contributed by atoms with E-state index in [0.717, 1.165) is 25.7 Å². The van der Waals surface area contributed by atoms with Crippen molar-refractivity contribution in [2.24, 2.45) is 11.8 Å². The van der Waals surface area contributed by atoms with Gasteiger partial charge in [-0.25, -0.2) is 0 Å². The molecule has 2 N–H and O–H groups in total. The molecule has 2 atom stereocenters. The third kappa shape index (κ3) is 6.27. The van der Waals surface area contributed by atoms with Crippen LogP contribution in [0.4, 0.5) is 0 Å². The maximum absolute atomic E-state index is 12.4. The molecule has 1 saturated carbocycles. The van der Waals surface area contributed by atoms with Gasteiger partial charge in [-0.2, -0.15) is 0 Å². The molecule has 2 aromatic carbocycles. The molecule has 1 aliphatic carbocycles. The maximum Gasteiger partial charge on any atom is 0.252 e. The van der Waals surface area contributed by atoms with Crippen LogP contribution < -0.4 is 10.6 Å². The standard InChI is InChI=1S/C22H22Cl4N2O2/c23-15-4-6-17(19(25)9-15)21(29)27-11-13-2-1-3-14(8-13)12-28-22(30)18-7-5-16(24)10-20(18)26/h4-7,9-10,13-14H,1-3,8,11-12H2,(H,27,29)(H,28,30)/t13-,14+. The van der Waals surface area contributed by atoms with Gasteiger partial charge in [0.25, 0.3) is 11.8 Å². The number of hydrogen-bond donors (Lipinski definition) is 2. The molecule has 2 aromatic rings. The summed E-state index contributed by atoms with van der Waals surface area (Å²) in [5, 5.41) is 7.60. The second-order valence-electron chi connectivity index (χ2n) is 7.57. The van der Waals surface area contributed by atoms with E-state index < -0.39 is 0 Å². The quantitative estimate of drug-likeness (QED) is 0.504. The van der Waals surface area contributed by atoms with Crippen LogP contribution in [0.1, 0.15) is 46.4 Å². The lowest BCUT2D eigenvalue weighted by atomic mass is 9.81. The lowest BCUT2D eigenvalue weighted by Gasteiger charge is -2.29. The highest BCUT2D eigenvalue weighted by Gasteiger charge is 2.24. The predicted molar refractivity (Wildman–Crippen MR) is 123 cm³/mol. The molecule has 0 radical (unpaired) electrons. The van der Waals surface area contributed by atoms with E-state index in [1.807, 2.05) is 0 Å². The van der Waals surface area contributed by atoms with Gasteiger partial charge >= 0.3 is 0 Å². The molecule has 0 heterocycles. The van der Waals surface area contributed by atoms with E-state index in [-0.39, 0.29) is 11.8 Å². The Kier molecular flexibility index (Phi) is 8.29. The summed E-state index contributed by atoms with van der Waals surface area (Å²) in [7, 11) is 0. The summed E-state index contributed by atoms with van der Waals surface area (Å²) in [5.74, 6) is 0.304. The molecule has 160 valence electrons. The van der Waals surface area contributed by atoms with Crippen molar-refractivity contribution in [1.82, 2.24) is 10.6 Å². The van der Waals surface area contributed by atoms with Crippen LogP contribution in [0, 0.1) is 11.8 Å². The van der Waals surface area contributed by atoms with Crippen molar-refractivity contribution in [1.29, 1.82) is 0 Å². The zero-order valence-corrected chi connectivity index (χ0v) is 19.2. The fourth-order valence-electron chi connectivity index (χ4n) is 3.78. The second-order valence-corrected chi connectivity index (χ2v) is 9.25. The summed E-state index contributed by atoms with van der Waals surface area (Å²) >= 11 is 24.0. The third-order valence-electron chi connectivity index (χ3n) is 5.35. The molecule has 0 aliphatic heterocycles. The van der Waals surface area contributed by atoms with E-state index in [4.69, 9.17) is 46.4 Å². The van der Waals surface area contributed by atoms with Crippen LogP contribution in [0.5, 0.6) is 0 Å². The Labute approximate surface area is 196 Å². The van der Waals surface area contributed by atoms with Crippen LogP contribution in [0.3, 0.4) is 0 Å². The van der Waals surface area contributed by atoms with E-state index in [1.54, 1.807) is 36.4 Å². The van der Waals surface area contributed by atoms with Crippen molar-refractivity contribution in [3.8, 4) is 0 Å². The topological polar surface area (TPSA) is 58.2 Å². The van der Waals surface area contributed by atoms with Crippen molar-refractivity contribution in [2.45, 2.75) is 25.7 Å². The zero-order valence-electron chi connectivity index (χ0n) is 16.2. The highest BCUT2D eigenvalue weighted by molar-refractivity contribution is 6.37. The molecule has 0 spiro atoms. The number of benzene rings is 2. The molecule has 30 heavy (non-hydrogen) atoms. The Morgan fingerprint density at radius 3 is 1.60 bits per heavy atom. The first-order chi connectivity index (χ1) is 14.3. The molecular formula is C22H22Cl4N2O2. The van der Waals surface area contributed by atoms with Crippen molar-refractivity contribution in [3.63, 3.8) is 0 Å². The molecule has 1 aliphatic rings. The van der Waals surface area contributed by atoms with Crippen molar-refractivity contribution in [3.05, 3.63) is 67.6 Å². The molecule has 1 fully saturated rings. The molecule has 0 bridgehead atoms. The van der Waals surface area contributed by atoms with Gasteiger partial charge in [0, 0.05) is 23.1 Å². The summed E-state index contributed by atoms with van der Waals surface area (Å²) in [6.07, 6.45) is 4.08. The van der Waals surface area contributed by atoms with Crippen LogP contribution in [-0.2, 0) is 0 Å². The normalized spacial score (nSPS) is 18.7. The van der Waals surface area contributed by atoms with Gasteiger partial charge in [-0.15, -0.1) is 0 Å². The van der Waals surface area contributed by atoms with Gasteiger partial charge in [-0.3, -0.25) is 9.59 Å². The van der Waals surface area contributed by atoms with E-state index in [9.17, 15) is 9.59 Å². The summed E-state index contributed by atoms with van der Waals surface area (Å²) < 4.78 is 0. The smallest absolute Gasteiger partial charge is 0.252 e. The molecule has 8 heteroatoms. The average Bonchev–Trinajstić information content (AvgIpc) is 2.70. The maximum atomic E-state index is 12.4. The van der Waals surface area contributed by atoms with Gasteiger partial charge in [-0.05, 0) is 67.5 Å². The highest BCUT2D eigenvalue weighted by Crippen LogP contribution is 2.29. The SMILES string of the molecule is O=C(NC[C@H]1CCC[C@@H](CNC(=O)c2ccc(Cl)cc2Cl)C1)c1ccc(Cl)cc1Cl. The first-order valence-electron chi connectivity index (χ1n) is 9.80. The van der Waals surface area contributed by atoms with Gasteiger partial charge in [-0.1, -0.05) is 52.8 Å². The Morgan fingerprint density at radius 1 is 0.767 bits per heavy atom. The minimum Gasteiger partial charge on any atom is -0.352 e. The lowest BCUT2D eigenvalue weighted by Crippen LogP contribution is -2.35. The molecule has 0 aromatic heterocycles. The largest absolute Gasteiger partial charge is 0.352 e. The Balaban J connectivity index is 1.48. The number of carbonyl (C=O) groups is 2. The molecule has 0 unspecified atom stereocenters. The first-order valence-corrected chi connectivity index (χ1v) is 11.3. The van der Waals surface area contributed by atoms with Crippen molar-refractivity contribution < 1.29 is 9.59 Å². The van der Waals surface area contributed by atoms with Gasteiger partial charge in [0.15, 0.2) is 0 Å². The minimum absolute atomic E-state index is 0.204. The van der Waals surface area contributed by atoms with Crippen LogP contribution in [0.2, 0.25) is 20.1 Å². The fourth-order valence-corrected chi connectivity index (χ4v) is 4.77. The van der Waals surface area contributed by atoms with Crippen molar-refractivity contribution >= 4 is 58.2 Å². The zero-order chi connectivity index (χ0) is 21.7. The lowest BCUT2D eigenvalue weighted by molar-refractivity contribution is 0.0935. The number of nitrogens with one attached hydrogen (secondary N) is 2. The number of hydrogen-bond acceptors (Lipinski definition) is 2. The third-order valence-corrected chi connectivity index (χ3v) is 6.44. The molecule has 0 saturated heterocycles. The summed E-state index contributed by atoms with van der Waals surface area (Å²) in [4.78, 5) is 24.8. The van der Waals surface area contributed by atoms with E-state index >= 15 is 0 Å². The van der Waals surface area contributed by atoms with Gasteiger partial charge in [0.05, 0.1) is 21.2 Å². The van der Waals surface area contributed by atoms with Gasteiger partial charge < -0.3 is 10.6 Å². The van der Waals surface area contributed by atoms with E-state index in [1.165, 1.54) is 0 Å². The number of rotatable bonds is 6. The van der Waals surface area contributed by atoms with Crippen LogP contribution in [-0.4, -0.2) is 24.9 Å². The predicted octanol–water partition coefficient (Wildman–Crippen LogP) is 6.27. The van der Waals surface area contributed by atoms with E-state index in [2.05, 4.69) is 10.6 Å². The molecule has 3 rings (SSSR count). The molecule has 2 amide bonds. The Morgan fingerprint density at radius 2 is 1.20 bits per heavy atom. The summed E-state index contributed by atoms with van der Waals surface area (Å²) in [6.45, 7) is 1.15. The first kappa shape index (κ1) is 23.2. The Hall–Kier alpha value is -1.46. The van der Waals surface area contributed by atoms with Crippen molar-refractivity contribution in [2.75, 3.05) is 13.1 Å². The number of halogens is 4. The monoisotopic (exact) mass is 486 g/mol. The van der Waals surface area contributed by atoms with Gasteiger partial charge in [0.1, 0.15) is 0 Å². The summed E-state index contributed by atoms with van der Waals surface area (Å²) in [5.41, 5.74) is 0.834. The average molecular weight is 488 g/mol. The second kappa shape index (κ2) is 10.7. The highest BCUT2D eigenvalue weighted by atomic mass is 35.5. The van der Waals surface area contributed by atoms with Crippen LogP contribution >= 0.6 is 46.4 Å². The molecular weight excluding hydrogens is 466 g/mol. The van der Waals surface area contributed by atoms with E-state index in [0.29, 0.717) is 56.1 Å². The fraction of sp³-hybridized carbons (Fsp3) is 0.364. The number of amides is 2. The van der Waals surface area contributed by atoms with Crippen LogP contribution in [0.25, 0.3) is 0 Å².